The van der Waals surface area contributed by atoms with Gasteiger partial charge in [-0.3, -0.25) is 9.59 Å². The average Bonchev–Trinajstić information content (AvgIpc) is 2.96. The van der Waals surface area contributed by atoms with Crippen molar-refractivity contribution in [1.29, 1.82) is 0 Å². The van der Waals surface area contributed by atoms with Gasteiger partial charge in [0.05, 0.1) is 24.0 Å². The number of nitrogens with one attached hydrogen (secondary N) is 3. The number of para-hydroxylation sites is 1. The van der Waals surface area contributed by atoms with Crippen LogP contribution in [0.2, 0.25) is 0 Å². The summed E-state index contributed by atoms with van der Waals surface area (Å²) in [6.45, 7) is 1.68. The Morgan fingerprint density at radius 3 is 2.49 bits per heavy atom. The number of hydrogen-bond acceptors (Lipinski definition) is 8. The zero-order valence-electron chi connectivity index (χ0n) is 24.0. The van der Waals surface area contributed by atoms with E-state index in [1.54, 1.807) is 37.3 Å². The highest BCUT2D eigenvalue weighted by molar-refractivity contribution is 6.00. The fourth-order valence-electron chi connectivity index (χ4n) is 7.03. The van der Waals surface area contributed by atoms with Crippen molar-refractivity contribution in [2.75, 3.05) is 24.8 Å². The molecule has 4 aliphatic carbocycles. The lowest BCUT2D eigenvalue weighted by Gasteiger charge is -2.55. The molecule has 4 fully saturated rings. The molecule has 1 heterocycles. The predicted octanol–water partition coefficient (Wildman–Crippen LogP) is 6.19. The molecule has 7 rings (SSSR count). The number of nitrogens with zero attached hydrogens (tertiary/aromatic N) is 2. The van der Waals surface area contributed by atoms with Crippen LogP contribution in [0.1, 0.15) is 53.6 Å². The van der Waals surface area contributed by atoms with Gasteiger partial charge in [0, 0.05) is 31.1 Å². The van der Waals surface area contributed by atoms with Gasteiger partial charge in [0.25, 0.3) is 5.91 Å². The largest absolute Gasteiger partial charge is 0.494 e. The molecule has 3 aromatic rings. The third-order valence-electron chi connectivity index (χ3n) is 8.77. The Morgan fingerprint density at radius 1 is 1.07 bits per heavy atom. The van der Waals surface area contributed by atoms with Gasteiger partial charge < -0.3 is 25.4 Å². The molecule has 2 aromatic carbocycles. The van der Waals surface area contributed by atoms with E-state index < -0.39 is 23.5 Å². The number of ether oxygens (including phenoxy) is 2. The molecule has 2 unspecified atom stereocenters. The molecular weight excluding hydrogens is 563 g/mol. The summed E-state index contributed by atoms with van der Waals surface area (Å²) in [4.78, 5) is 33.1. The Morgan fingerprint density at radius 2 is 1.81 bits per heavy atom. The molecule has 0 radical (unpaired) electrons. The minimum Gasteiger partial charge on any atom is -0.494 e. The Hall–Kier alpha value is -4.35. The van der Waals surface area contributed by atoms with Crippen LogP contribution in [-0.4, -0.2) is 41.4 Å². The van der Waals surface area contributed by atoms with Crippen molar-refractivity contribution in [1.82, 2.24) is 15.3 Å². The van der Waals surface area contributed by atoms with Crippen LogP contribution in [-0.2, 0) is 11.0 Å². The molecule has 2 atom stereocenters. The van der Waals surface area contributed by atoms with Crippen LogP contribution in [0.25, 0.3) is 0 Å². The number of aromatic nitrogens is 2. The Bertz CT molecular complexity index is 1580. The topological polar surface area (TPSA) is 114 Å². The number of methoxy groups -OCH3 is 1. The van der Waals surface area contributed by atoms with Gasteiger partial charge in [-0.15, -0.1) is 0 Å². The maximum absolute atomic E-state index is 14.0. The molecular formula is C31H32F3N5O4. The number of hydrogen-bond donors (Lipinski definition) is 3. The SMILES string of the molecule is CNC(=O)c1cccc(C)c1Nc1nc(Nc2ccc(OC34CC5CC(C3)C(=O)C(C5)C4)cc2OC)ncc1C(F)(F)F. The lowest BCUT2D eigenvalue weighted by Crippen LogP contribution is -2.57. The zero-order chi connectivity index (χ0) is 30.5. The van der Waals surface area contributed by atoms with E-state index in [2.05, 4.69) is 25.9 Å². The second kappa shape index (κ2) is 10.7. The molecule has 226 valence electrons. The third kappa shape index (κ3) is 5.46. The summed E-state index contributed by atoms with van der Waals surface area (Å²) < 4.78 is 54.0. The van der Waals surface area contributed by atoms with E-state index >= 15 is 0 Å². The Labute approximate surface area is 246 Å². The summed E-state index contributed by atoms with van der Waals surface area (Å²) in [6.07, 6.45) is 0.204. The van der Waals surface area contributed by atoms with Gasteiger partial charge in [-0.2, -0.15) is 18.2 Å². The van der Waals surface area contributed by atoms with Gasteiger partial charge in [-0.1, -0.05) is 12.1 Å². The number of alkyl halides is 3. The lowest BCUT2D eigenvalue weighted by molar-refractivity contribution is -0.156. The smallest absolute Gasteiger partial charge is 0.421 e. The van der Waals surface area contributed by atoms with Crippen LogP contribution in [0.3, 0.4) is 0 Å². The predicted molar refractivity (Wildman–Crippen MR) is 153 cm³/mol. The molecule has 1 aromatic heterocycles. The molecule has 4 bridgehead atoms. The minimum atomic E-state index is -4.75. The summed E-state index contributed by atoms with van der Waals surface area (Å²) >= 11 is 0. The van der Waals surface area contributed by atoms with E-state index in [0.717, 1.165) is 32.1 Å². The zero-order valence-corrected chi connectivity index (χ0v) is 24.0. The molecule has 0 aliphatic heterocycles. The molecule has 0 spiro atoms. The Balaban J connectivity index is 1.27. The molecule has 12 heteroatoms. The molecule has 1 amide bonds. The monoisotopic (exact) mass is 595 g/mol. The molecule has 9 nitrogen and oxygen atoms in total. The van der Waals surface area contributed by atoms with Crippen molar-refractivity contribution in [2.24, 2.45) is 17.8 Å². The van der Waals surface area contributed by atoms with E-state index in [1.807, 2.05) is 0 Å². The second-order valence-electron chi connectivity index (χ2n) is 11.7. The van der Waals surface area contributed by atoms with Crippen molar-refractivity contribution in [3.05, 3.63) is 59.3 Å². The van der Waals surface area contributed by atoms with E-state index in [4.69, 9.17) is 9.47 Å². The lowest BCUT2D eigenvalue weighted by atomic mass is 9.53. The van der Waals surface area contributed by atoms with Crippen LogP contribution in [0.15, 0.2) is 42.6 Å². The van der Waals surface area contributed by atoms with Crippen molar-refractivity contribution < 1.29 is 32.2 Å². The summed E-state index contributed by atoms with van der Waals surface area (Å²) in [6, 6.07) is 10.0. The number of anilines is 4. The number of carbonyl (C=O) groups is 2. The number of rotatable bonds is 8. The third-order valence-corrected chi connectivity index (χ3v) is 8.77. The summed E-state index contributed by atoms with van der Waals surface area (Å²) in [5.41, 5.74) is -0.114. The van der Waals surface area contributed by atoms with Gasteiger partial charge in [0.2, 0.25) is 5.95 Å². The maximum Gasteiger partial charge on any atom is 0.421 e. The fourth-order valence-corrected chi connectivity index (χ4v) is 7.03. The average molecular weight is 596 g/mol. The number of ketones is 1. The van der Waals surface area contributed by atoms with Crippen LogP contribution >= 0.6 is 0 Å². The van der Waals surface area contributed by atoms with Gasteiger partial charge in [0.1, 0.15) is 34.3 Å². The van der Waals surface area contributed by atoms with Crippen molar-refractivity contribution >= 4 is 34.8 Å². The van der Waals surface area contributed by atoms with Crippen LogP contribution < -0.4 is 25.4 Å². The number of carbonyl (C=O) groups excluding carboxylic acids is 2. The van der Waals surface area contributed by atoms with Gasteiger partial charge in [-0.05, 0) is 68.7 Å². The van der Waals surface area contributed by atoms with Gasteiger partial charge >= 0.3 is 6.18 Å². The van der Waals surface area contributed by atoms with E-state index in [-0.39, 0.29) is 34.6 Å². The highest BCUT2D eigenvalue weighted by Gasteiger charge is 2.56. The fraction of sp³-hybridized carbons (Fsp3) is 0.419. The van der Waals surface area contributed by atoms with Crippen LogP contribution in [0.5, 0.6) is 11.5 Å². The summed E-state index contributed by atoms with van der Waals surface area (Å²) in [5.74, 6) is 0.915. The van der Waals surface area contributed by atoms with Crippen LogP contribution in [0.4, 0.5) is 36.3 Å². The summed E-state index contributed by atoms with van der Waals surface area (Å²) in [7, 11) is 2.92. The molecule has 43 heavy (non-hydrogen) atoms. The van der Waals surface area contributed by atoms with Crippen molar-refractivity contribution in [3.63, 3.8) is 0 Å². The van der Waals surface area contributed by atoms with Gasteiger partial charge in [-0.25, -0.2) is 4.98 Å². The maximum atomic E-state index is 14.0. The Kier molecular flexibility index (Phi) is 7.18. The van der Waals surface area contributed by atoms with E-state index in [9.17, 15) is 22.8 Å². The standard InChI is InChI=1S/C31H32F3N5O4/c1-16-5-4-6-21(28(41)35-2)25(16)38-27-22(31(32,33)34)15-36-29(39-27)37-23-8-7-20(11-24(23)42-3)43-30-12-17-9-18(13-30)26(40)19(10-17)14-30/h4-8,11,15,17-19H,9-10,12-14H2,1-3H3,(H,35,41)(H2,36,37,38,39). The molecule has 4 saturated carbocycles. The highest BCUT2D eigenvalue weighted by Crippen LogP contribution is 2.55. The minimum absolute atomic E-state index is 0.0702. The number of Topliss-reactive ketones (excluding diaryl/α,β-unsaturated/α-hetero) is 1. The first-order valence-electron chi connectivity index (χ1n) is 14.2. The molecule has 3 N–H and O–H groups in total. The van der Waals surface area contributed by atoms with Gasteiger partial charge in [0.15, 0.2) is 0 Å². The number of benzene rings is 2. The quantitative estimate of drug-likeness (QED) is 0.283. The normalized spacial score (nSPS) is 24.0. The van der Waals surface area contributed by atoms with E-state index in [1.165, 1.54) is 20.2 Å². The first-order valence-corrected chi connectivity index (χ1v) is 14.2. The van der Waals surface area contributed by atoms with Crippen LogP contribution in [0, 0.1) is 24.7 Å². The number of aryl methyl sites for hydroxylation is 1. The number of halogens is 3. The first kappa shape index (κ1) is 28.8. The number of amides is 1. The van der Waals surface area contributed by atoms with E-state index in [0.29, 0.717) is 40.6 Å². The first-order chi connectivity index (χ1) is 20.5. The highest BCUT2D eigenvalue weighted by atomic mass is 19.4. The van der Waals surface area contributed by atoms with Crippen molar-refractivity contribution in [2.45, 2.75) is 50.8 Å². The molecule has 4 aliphatic rings. The summed E-state index contributed by atoms with van der Waals surface area (Å²) in [5, 5.41) is 8.17. The second-order valence-corrected chi connectivity index (χ2v) is 11.7. The molecule has 0 saturated heterocycles. The van der Waals surface area contributed by atoms with Crippen molar-refractivity contribution in [3.8, 4) is 11.5 Å².